The molecule has 0 amide bonds. The van der Waals surface area contributed by atoms with Crippen LogP contribution < -0.4 is 11.2 Å². The molecule has 1 aromatic heterocycles. The van der Waals surface area contributed by atoms with Gasteiger partial charge >= 0.3 is 5.97 Å². The molecule has 1 aromatic rings. The summed E-state index contributed by atoms with van der Waals surface area (Å²) in [5.41, 5.74) is 9.14. The molecule has 0 aliphatic heterocycles. The number of ether oxygens (including phenoxy) is 1. The number of carbonyl (C=O) groups excluding carboxylic acids is 1. The first kappa shape index (κ1) is 14.5. The van der Waals surface area contributed by atoms with Crippen molar-refractivity contribution in [1.82, 2.24) is 9.80 Å². The highest BCUT2D eigenvalue weighted by Gasteiger charge is 2.13. The number of aryl methyl sites for hydroxylation is 1. The Morgan fingerprint density at radius 1 is 1.72 bits per heavy atom. The first-order chi connectivity index (χ1) is 8.52. The third kappa shape index (κ3) is 4.76. The zero-order valence-electron chi connectivity index (χ0n) is 10.1. The largest absolute Gasteiger partial charge is 0.466 e. The number of rotatable bonds is 5. The van der Waals surface area contributed by atoms with Gasteiger partial charge in [-0.1, -0.05) is 0 Å². The maximum Gasteiger partial charge on any atom is 0.311 e. The minimum atomic E-state index is -0.355. The van der Waals surface area contributed by atoms with Gasteiger partial charge in [-0.05, 0) is 43.7 Å². The number of aromatic nitrogens is 1. The minimum absolute atomic E-state index is 0.0394. The van der Waals surface area contributed by atoms with Gasteiger partial charge < -0.3 is 10.5 Å². The van der Waals surface area contributed by atoms with E-state index >= 15 is 0 Å². The van der Waals surface area contributed by atoms with Gasteiger partial charge in [0.05, 0.1) is 29.3 Å². The minimum Gasteiger partial charge on any atom is -0.466 e. The Bertz CT molecular complexity index is 470. The van der Waals surface area contributed by atoms with Crippen LogP contribution in [0.25, 0.3) is 0 Å². The number of hydrazone groups is 1. The van der Waals surface area contributed by atoms with Gasteiger partial charge in [0.15, 0.2) is 5.11 Å². The zero-order valence-corrected chi connectivity index (χ0v) is 11.7. The highest BCUT2D eigenvalue weighted by Crippen LogP contribution is 2.13. The van der Waals surface area contributed by atoms with Gasteiger partial charge in [-0.3, -0.25) is 10.2 Å². The van der Waals surface area contributed by atoms with Gasteiger partial charge in [-0.2, -0.15) is 9.47 Å². The number of nitrogens with one attached hydrogen (secondary N) is 1. The molecule has 0 fully saturated rings. The van der Waals surface area contributed by atoms with Crippen LogP contribution in [0.3, 0.4) is 0 Å². The Balaban J connectivity index is 2.85. The lowest BCUT2D eigenvalue weighted by atomic mass is 10.2. The van der Waals surface area contributed by atoms with Crippen molar-refractivity contribution in [2.24, 2.45) is 10.8 Å². The predicted octanol–water partition coefficient (Wildman–Crippen LogP) is 0.942. The normalized spacial score (nSPS) is 11.1. The van der Waals surface area contributed by atoms with Gasteiger partial charge in [-0.15, -0.1) is 0 Å². The summed E-state index contributed by atoms with van der Waals surface area (Å²) in [5.74, 6) is -0.355. The van der Waals surface area contributed by atoms with Crippen molar-refractivity contribution in [2.75, 3.05) is 6.61 Å². The molecule has 8 heteroatoms. The average molecular weight is 286 g/mol. The Morgan fingerprint density at radius 3 is 2.94 bits per heavy atom. The molecule has 0 radical (unpaired) electrons. The van der Waals surface area contributed by atoms with E-state index in [1.165, 1.54) is 11.5 Å². The van der Waals surface area contributed by atoms with Crippen LogP contribution in [0.1, 0.15) is 23.9 Å². The van der Waals surface area contributed by atoms with E-state index in [9.17, 15) is 4.79 Å². The van der Waals surface area contributed by atoms with Crippen molar-refractivity contribution in [2.45, 2.75) is 20.3 Å². The van der Waals surface area contributed by atoms with E-state index in [0.717, 1.165) is 10.6 Å². The molecule has 0 saturated carbocycles. The zero-order chi connectivity index (χ0) is 13.5. The van der Waals surface area contributed by atoms with E-state index in [0.29, 0.717) is 12.3 Å². The molecule has 98 valence electrons. The van der Waals surface area contributed by atoms with Crippen LogP contribution >= 0.6 is 23.8 Å². The van der Waals surface area contributed by atoms with Gasteiger partial charge in [0.2, 0.25) is 0 Å². The van der Waals surface area contributed by atoms with Crippen LogP contribution in [-0.4, -0.2) is 27.8 Å². The first-order valence-electron chi connectivity index (χ1n) is 5.24. The number of nitrogens with zero attached hydrogens (tertiary/aromatic N) is 2. The van der Waals surface area contributed by atoms with Crippen molar-refractivity contribution in [3.63, 3.8) is 0 Å². The topological polar surface area (TPSA) is 89.6 Å². The van der Waals surface area contributed by atoms with E-state index in [4.69, 9.17) is 10.5 Å². The van der Waals surface area contributed by atoms with E-state index < -0.39 is 0 Å². The highest BCUT2D eigenvalue weighted by molar-refractivity contribution is 7.80. The molecule has 1 heterocycles. The lowest BCUT2D eigenvalue weighted by Crippen LogP contribution is -2.26. The van der Waals surface area contributed by atoms with Gasteiger partial charge in [0.1, 0.15) is 0 Å². The second kappa shape index (κ2) is 7.02. The molecule has 1 rings (SSSR count). The van der Waals surface area contributed by atoms with E-state index in [-0.39, 0.29) is 17.5 Å². The molecule has 0 bridgehead atoms. The predicted molar refractivity (Wildman–Crippen MR) is 74.6 cm³/mol. The molecule has 0 unspecified atom stereocenters. The molecule has 0 spiro atoms. The monoisotopic (exact) mass is 286 g/mol. The van der Waals surface area contributed by atoms with Crippen LogP contribution in [0, 0.1) is 6.92 Å². The number of hydrogen-bond donors (Lipinski definition) is 2. The fourth-order valence-electron chi connectivity index (χ4n) is 1.15. The quantitative estimate of drug-likeness (QED) is 0.362. The van der Waals surface area contributed by atoms with Crippen molar-refractivity contribution in [3.05, 3.63) is 16.6 Å². The Hall–Kier alpha value is -1.54. The molecule has 6 nitrogen and oxygen atoms in total. The number of thiocarbonyl (C=S) groups is 1. The van der Waals surface area contributed by atoms with Crippen molar-refractivity contribution >= 4 is 40.5 Å². The molecule has 0 saturated heterocycles. The molecule has 0 aliphatic rings. The third-order valence-corrected chi connectivity index (χ3v) is 2.85. The summed E-state index contributed by atoms with van der Waals surface area (Å²) in [6.45, 7) is 3.94. The van der Waals surface area contributed by atoms with Gasteiger partial charge in [0.25, 0.3) is 0 Å². The highest BCUT2D eigenvalue weighted by atomic mass is 32.1. The maximum absolute atomic E-state index is 11.5. The molecule has 18 heavy (non-hydrogen) atoms. The lowest BCUT2D eigenvalue weighted by molar-refractivity contribution is -0.141. The summed E-state index contributed by atoms with van der Waals surface area (Å²) >= 11 is 5.92. The molecule has 0 atom stereocenters. The first-order valence-corrected chi connectivity index (χ1v) is 6.42. The third-order valence-electron chi connectivity index (χ3n) is 1.83. The summed E-state index contributed by atoms with van der Waals surface area (Å²) in [6.07, 6.45) is 0.0467. The number of hydrogen-bond acceptors (Lipinski definition) is 6. The van der Waals surface area contributed by atoms with Gasteiger partial charge in [0, 0.05) is 0 Å². The number of esters is 1. The summed E-state index contributed by atoms with van der Waals surface area (Å²) in [6, 6.07) is 1.84. The van der Waals surface area contributed by atoms with Crippen molar-refractivity contribution in [1.29, 1.82) is 0 Å². The second-order valence-corrected chi connectivity index (χ2v) is 4.59. The smallest absolute Gasteiger partial charge is 0.311 e. The van der Waals surface area contributed by atoms with Crippen LogP contribution in [0.2, 0.25) is 0 Å². The maximum atomic E-state index is 11.5. The molecular weight excluding hydrogens is 272 g/mol. The van der Waals surface area contributed by atoms with Crippen LogP contribution in [-0.2, 0) is 9.53 Å². The van der Waals surface area contributed by atoms with E-state index in [1.54, 1.807) is 6.92 Å². The fourth-order valence-corrected chi connectivity index (χ4v) is 1.94. The standard InChI is InChI=1S/C10H14N4O2S2/c1-3-16-9(15)5-7(12-13-10(11)17)8-4-6(2)14-18-8/h4H,3,5H2,1-2H3,(H3,11,13,17)/b12-7+. The Kier molecular flexibility index (Phi) is 5.66. The van der Waals surface area contributed by atoms with Crippen LogP contribution in [0.4, 0.5) is 0 Å². The second-order valence-electron chi connectivity index (χ2n) is 3.35. The lowest BCUT2D eigenvalue weighted by Gasteiger charge is -2.04. The molecule has 0 aromatic carbocycles. The Labute approximate surface area is 114 Å². The summed E-state index contributed by atoms with van der Waals surface area (Å²) < 4.78 is 9.01. The summed E-state index contributed by atoms with van der Waals surface area (Å²) in [4.78, 5) is 12.2. The summed E-state index contributed by atoms with van der Waals surface area (Å²) in [7, 11) is 0. The number of carbonyl (C=O) groups is 1. The SMILES string of the molecule is CCOC(=O)C/C(=N\NC(N)=S)c1cc(C)ns1. The van der Waals surface area contributed by atoms with Crippen molar-refractivity contribution in [3.8, 4) is 0 Å². The van der Waals surface area contributed by atoms with Crippen LogP contribution in [0.5, 0.6) is 0 Å². The summed E-state index contributed by atoms with van der Waals surface area (Å²) in [5, 5.41) is 4.04. The van der Waals surface area contributed by atoms with Crippen molar-refractivity contribution < 1.29 is 9.53 Å². The Morgan fingerprint density at radius 2 is 2.44 bits per heavy atom. The van der Waals surface area contributed by atoms with E-state index in [2.05, 4.69) is 27.1 Å². The number of nitrogens with two attached hydrogens (primary N) is 1. The fraction of sp³-hybridized carbons (Fsp3) is 0.400. The van der Waals surface area contributed by atoms with Gasteiger partial charge in [-0.25, -0.2) is 0 Å². The molecule has 3 N–H and O–H groups in total. The average Bonchev–Trinajstić information content (AvgIpc) is 2.71. The van der Waals surface area contributed by atoms with E-state index in [1.807, 2.05) is 13.0 Å². The molecule has 0 aliphatic carbocycles. The van der Waals surface area contributed by atoms with Crippen LogP contribution in [0.15, 0.2) is 11.2 Å². The molecular formula is C10H14N4O2S2.